The molecular weight excluding hydrogens is 375 g/mol. The Hall–Kier alpha value is -2.36. The maximum atomic E-state index is 13.9. The summed E-state index contributed by atoms with van der Waals surface area (Å²) in [5.74, 6) is -0.119. The van der Waals surface area contributed by atoms with Crippen molar-refractivity contribution in [3.05, 3.63) is 58.4 Å². The lowest BCUT2D eigenvalue weighted by molar-refractivity contribution is -0.117. The van der Waals surface area contributed by atoms with E-state index in [-0.39, 0.29) is 22.6 Å². The van der Waals surface area contributed by atoms with E-state index in [1.807, 2.05) is 19.9 Å². The second-order valence-corrected chi connectivity index (χ2v) is 10.6. The SMILES string of the molecule is Cc1cc(N2CCC(C)(C)c3cc(F)ccc3C2)cc(C)c1NC(=O)CC(C)(C)C. The fourth-order valence-corrected chi connectivity index (χ4v) is 4.36. The molecule has 1 N–H and O–H groups in total. The van der Waals surface area contributed by atoms with E-state index in [4.69, 9.17) is 0 Å². The van der Waals surface area contributed by atoms with Crippen LogP contribution in [0.3, 0.4) is 0 Å². The number of rotatable bonds is 3. The van der Waals surface area contributed by atoms with Gasteiger partial charge in [0, 0.05) is 30.9 Å². The van der Waals surface area contributed by atoms with Crippen molar-refractivity contribution in [1.29, 1.82) is 0 Å². The molecule has 0 fully saturated rings. The van der Waals surface area contributed by atoms with Gasteiger partial charge in [0.25, 0.3) is 0 Å². The number of hydrogen-bond acceptors (Lipinski definition) is 2. The molecule has 0 spiro atoms. The second-order valence-electron chi connectivity index (χ2n) is 10.6. The minimum Gasteiger partial charge on any atom is -0.367 e. The third-order valence-electron chi connectivity index (χ3n) is 6.01. The lowest BCUT2D eigenvalue weighted by atomic mass is 9.80. The smallest absolute Gasteiger partial charge is 0.224 e. The highest BCUT2D eigenvalue weighted by molar-refractivity contribution is 5.93. The molecule has 0 aliphatic carbocycles. The third-order valence-corrected chi connectivity index (χ3v) is 6.01. The minimum absolute atomic E-state index is 0.0441. The van der Waals surface area contributed by atoms with Crippen molar-refractivity contribution in [2.45, 2.75) is 73.3 Å². The average molecular weight is 411 g/mol. The quantitative estimate of drug-likeness (QED) is 0.626. The van der Waals surface area contributed by atoms with Crippen molar-refractivity contribution in [3.63, 3.8) is 0 Å². The summed E-state index contributed by atoms with van der Waals surface area (Å²) in [6.45, 7) is 16.4. The molecule has 2 aromatic carbocycles. The molecule has 0 radical (unpaired) electrons. The Balaban J connectivity index is 1.88. The largest absolute Gasteiger partial charge is 0.367 e. The summed E-state index contributed by atoms with van der Waals surface area (Å²) in [5.41, 5.74) is 6.35. The molecule has 0 saturated carbocycles. The molecule has 30 heavy (non-hydrogen) atoms. The summed E-state index contributed by atoms with van der Waals surface area (Å²) < 4.78 is 13.9. The molecule has 1 aliphatic rings. The minimum atomic E-state index is -0.169. The lowest BCUT2D eigenvalue weighted by Gasteiger charge is -2.27. The predicted octanol–water partition coefficient (Wildman–Crippen LogP) is 6.51. The van der Waals surface area contributed by atoms with Crippen molar-refractivity contribution in [3.8, 4) is 0 Å². The van der Waals surface area contributed by atoms with Crippen LogP contribution in [0.15, 0.2) is 30.3 Å². The van der Waals surface area contributed by atoms with E-state index in [2.05, 4.69) is 57.0 Å². The topological polar surface area (TPSA) is 32.3 Å². The molecular formula is C26H35FN2O. The third kappa shape index (κ3) is 5.03. The molecule has 0 aromatic heterocycles. The molecule has 0 unspecified atom stereocenters. The highest BCUT2D eigenvalue weighted by Gasteiger charge is 2.29. The summed E-state index contributed by atoms with van der Waals surface area (Å²) in [6.07, 6.45) is 1.44. The van der Waals surface area contributed by atoms with Crippen molar-refractivity contribution in [2.75, 3.05) is 16.8 Å². The molecule has 4 heteroatoms. The number of aryl methyl sites for hydroxylation is 2. The Kier molecular flexibility index (Phi) is 5.99. The van der Waals surface area contributed by atoms with Gasteiger partial charge < -0.3 is 10.2 Å². The van der Waals surface area contributed by atoms with Crippen molar-refractivity contribution in [2.24, 2.45) is 5.41 Å². The Labute approximate surface area is 180 Å². The summed E-state index contributed by atoms with van der Waals surface area (Å²) in [6, 6.07) is 9.49. The Bertz CT molecular complexity index is 933. The Morgan fingerprint density at radius 3 is 2.37 bits per heavy atom. The predicted molar refractivity (Wildman–Crippen MR) is 124 cm³/mol. The molecule has 3 nitrogen and oxygen atoms in total. The van der Waals surface area contributed by atoms with Crippen molar-refractivity contribution >= 4 is 17.3 Å². The zero-order chi connectivity index (χ0) is 22.3. The van der Waals surface area contributed by atoms with Crippen LogP contribution in [0.1, 0.15) is 69.7 Å². The first-order chi connectivity index (χ1) is 13.9. The summed E-state index contributed by atoms with van der Waals surface area (Å²) >= 11 is 0. The number of fused-ring (bicyclic) bond motifs is 1. The second kappa shape index (κ2) is 8.05. The average Bonchev–Trinajstić information content (AvgIpc) is 2.73. The highest BCUT2D eigenvalue weighted by Crippen LogP contribution is 2.37. The van der Waals surface area contributed by atoms with Gasteiger partial charge >= 0.3 is 0 Å². The number of benzene rings is 2. The first kappa shape index (κ1) is 22.3. The van der Waals surface area contributed by atoms with E-state index < -0.39 is 0 Å². The molecule has 1 aliphatic heterocycles. The molecule has 2 aromatic rings. The molecule has 162 valence electrons. The van der Waals surface area contributed by atoms with Crippen LogP contribution >= 0.6 is 0 Å². The van der Waals surface area contributed by atoms with Gasteiger partial charge in [0.15, 0.2) is 0 Å². The van der Waals surface area contributed by atoms with Gasteiger partial charge in [-0.05, 0) is 77.6 Å². The molecule has 0 bridgehead atoms. The Morgan fingerprint density at radius 2 is 1.77 bits per heavy atom. The van der Waals surface area contributed by atoms with Crippen LogP contribution in [-0.4, -0.2) is 12.5 Å². The number of halogens is 1. The number of anilines is 2. The molecule has 1 heterocycles. The van der Waals surface area contributed by atoms with E-state index in [9.17, 15) is 9.18 Å². The van der Waals surface area contributed by atoms with E-state index in [0.29, 0.717) is 6.42 Å². The Morgan fingerprint density at radius 1 is 1.13 bits per heavy atom. The number of amides is 1. The standard InChI is InChI=1S/C26H35FN2O/c1-17-12-21(13-18(2)24(17)28-23(30)15-25(3,4)5)29-11-10-26(6,7)22-14-20(27)9-8-19(22)16-29/h8-9,12-14H,10-11,15-16H2,1-7H3,(H,28,30). The van der Waals surface area contributed by atoms with Crippen LogP contribution in [0.5, 0.6) is 0 Å². The van der Waals surface area contributed by atoms with Crippen LogP contribution in [-0.2, 0) is 16.8 Å². The van der Waals surface area contributed by atoms with Crippen LogP contribution in [0.2, 0.25) is 0 Å². The van der Waals surface area contributed by atoms with Gasteiger partial charge in [-0.1, -0.05) is 40.7 Å². The van der Waals surface area contributed by atoms with Gasteiger partial charge in [0.1, 0.15) is 5.82 Å². The summed E-state index contributed by atoms with van der Waals surface area (Å²) in [5, 5.41) is 3.11. The van der Waals surface area contributed by atoms with Gasteiger partial charge in [-0.3, -0.25) is 4.79 Å². The first-order valence-electron chi connectivity index (χ1n) is 10.8. The normalized spacial score (nSPS) is 16.1. The fraction of sp³-hybridized carbons (Fsp3) is 0.500. The van der Waals surface area contributed by atoms with Gasteiger partial charge in [0.2, 0.25) is 5.91 Å². The first-order valence-corrected chi connectivity index (χ1v) is 10.8. The molecule has 0 atom stereocenters. The molecule has 3 rings (SSSR count). The van der Waals surface area contributed by atoms with Gasteiger partial charge in [-0.15, -0.1) is 0 Å². The van der Waals surface area contributed by atoms with Crippen LogP contribution in [0.25, 0.3) is 0 Å². The van der Waals surface area contributed by atoms with Crippen molar-refractivity contribution in [1.82, 2.24) is 0 Å². The van der Waals surface area contributed by atoms with E-state index >= 15 is 0 Å². The number of nitrogens with one attached hydrogen (secondary N) is 1. The van der Waals surface area contributed by atoms with Crippen LogP contribution < -0.4 is 10.2 Å². The zero-order valence-electron chi connectivity index (χ0n) is 19.4. The van der Waals surface area contributed by atoms with Crippen LogP contribution in [0.4, 0.5) is 15.8 Å². The molecule has 1 amide bonds. The van der Waals surface area contributed by atoms with E-state index in [1.165, 1.54) is 5.56 Å². The number of nitrogens with zero attached hydrogens (tertiary/aromatic N) is 1. The number of hydrogen-bond donors (Lipinski definition) is 1. The van der Waals surface area contributed by atoms with Crippen molar-refractivity contribution < 1.29 is 9.18 Å². The molecule has 0 saturated heterocycles. The number of carbonyl (C=O) groups is 1. The van der Waals surface area contributed by atoms with Crippen LogP contribution in [0, 0.1) is 25.1 Å². The lowest BCUT2D eigenvalue weighted by Crippen LogP contribution is -2.25. The monoisotopic (exact) mass is 410 g/mol. The summed E-state index contributed by atoms with van der Waals surface area (Å²) in [4.78, 5) is 14.8. The highest BCUT2D eigenvalue weighted by atomic mass is 19.1. The van der Waals surface area contributed by atoms with Gasteiger partial charge in [-0.25, -0.2) is 4.39 Å². The van der Waals surface area contributed by atoms with E-state index in [0.717, 1.165) is 47.6 Å². The van der Waals surface area contributed by atoms with E-state index in [1.54, 1.807) is 12.1 Å². The van der Waals surface area contributed by atoms with Gasteiger partial charge in [-0.2, -0.15) is 0 Å². The maximum absolute atomic E-state index is 13.9. The fourth-order valence-electron chi connectivity index (χ4n) is 4.36. The van der Waals surface area contributed by atoms with Gasteiger partial charge in [0.05, 0.1) is 0 Å². The number of carbonyl (C=O) groups excluding carboxylic acids is 1. The zero-order valence-corrected chi connectivity index (χ0v) is 19.4. The summed E-state index contributed by atoms with van der Waals surface area (Å²) in [7, 11) is 0. The maximum Gasteiger partial charge on any atom is 0.224 e.